The highest BCUT2D eigenvalue weighted by Gasteiger charge is 1.66. The van der Waals surface area contributed by atoms with Gasteiger partial charge in [-0.2, -0.15) is 0 Å². The molecule has 0 aromatic carbocycles. The van der Waals surface area contributed by atoms with Crippen molar-refractivity contribution in [2.24, 2.45) is 0 Å². The lowest BCUT2D eigenvalue weighted by Crippen LogP contribution is -1.74. The Morgan fingerprint density at radius 1 is 1.57 bits per heavy atom. The Morgan fingerprint density at radius 2 is 2.29 bits per heavy atom. The van der Waals surface area contributed by atoms with Crippen LogP contribution < -0.4 is 0 Å². The van der Waals surface area contributed by atoms with Gasteiger partial charge in [-0.3, -0.25) is 4.79 Å². The Labute approximate surface area is 41.2 Å². The minimum Gasteiger partial charge on any atom is -0.437 e. The molecule has 0 aromatic rings. The van der Waals surface area contributed by atoms with E-state index in [1.54, 1.807) is 0 Å². The van der Waals surface area contributed by atoms with Crippen LogP contribution in [0.3, 0.4) is 0 Å². The normalized spacial score (nSPS) is 9.29. The second kappa shape index (κ2) is 5.17. The van der Waals surface area contributed by atoms with E-state index in [0.717, 1.165) is 6.26 Å². The van der Waals surface area contributed by atoms with Crippen LogP contribution >= 0.6 is 0 Å². The first-order valence-electron chi connectivity index (χ1n) is 1.74. The van der Waals surface area contributed by atoms with Crippen LogP contribution in [-0.2, 0) is 14.6 Å². The monoisotopic (exact) mass is 101 g/mol. The molecule has 0 unspecified atom stereocenters. The largest absolute Gasteiger partial charge is 0.437 e. The molecule has 0 amide bonds. The summed E-state index contributed by atoms with van der Waals surface area (Å²) in [6.07, 6.45) is 2.26. The average molecular weight is 101 g/mol. The van der Waals surface area contributed by atoms with Crippen molar-refractivity contribution in [3.8, 4) is 0 Å². The minimum atomic E-state index is -0.353. The van der Waals surface area contributed by atoms with Gasteiger partial charge in [-0.05, 0) is 6.08 Å². The summed E-state index contributed by atoms with van der Waals surface area (Å²) in [5.74, 6) is 0. The molecule has 0 saturated heterocycles. The predicted molar refractivity (Wildman–Crippen MR) is 21.8 cm³/mol. The Balaban J connectivity index is 2.92. The number of hydrogen-bond donors (Lipinski definition) is 0. The number of carbonyl (C=O) groups excluding carboxylic acids is 1. The summed E-state index contributed by atoms with van der Waals surface area (Å²) in [6, 6.07) is 0. The Hall–Kier alpha value is -0.830. The van der Waals surface area contributed by atoms with Gasteiger partial charge in [-0.25, -0.2) is 5.11 Å². The fourth-order valence-corrected chi connectivity index (χ4v) is 0.127. The van der Waals surface area contributed by atoms with Crippen molar-refractivity contribution >= 4 is 6.47 Å². The lowest BCUT2D eigenvalue weighted by atomic mass is 10.7. The van der Waals surface area contributed by atoms with Crippen LogP contribution in [0.15, 0.2) is 12.3 Å². The van der Waals surface area contributed by atoms with Crippen molar-refractivity contribution < 1.29 is 14.6 Å². The van der Waals surface area contributed by atoms with E-state index in [1.807, 2.05) is 0 Å². The lowest BCUT2D eigenvalue weighted by Gasteiger charge is -1.77. The summed E-state index contributed by atoms with van der Waals surface area (Å²) < 4.78 is 4.01. The molecule has 0 atom stereocenters. The van der Waals surface area contributed by atoms with Gasteiger partial charge in [0.2, 0.25) is 0 Å². The maximum absolute atomic E-state index is 9.52. The van der Waals surface area contributed by atoms with Gasteiger partial charge in [0, 0.05) is 0 Å². The standard InChI is InChI=1S/C4H5O3/c5-2-1-3-7-4-6/h1,3-4H,2H2. The Kier molecular flexibility index (Phi) is 4.56. The van der Waals surface area contributed by atoms with Crippen molar-refractivity contribution in [1.82, 2.24) is 0 Å². The maximum atomic E-state index is 9.52. The highest BCUT2D eigenvalue weighted by molar-refractivity contribution is 5.38. The molecule has 0 aliphatic rings. The number of rotatable bonds is 3. The molecule has 0 fully saturated rings. The fourth-order valence-electron chi connectivity index (χ4n) is 0.127. The summed E-state index contributed by atoms with van der Waals surface area (Å²) in [4.78, 5) is 9.30. The molecule has 0 aliphatic heterocycles. The van der Waals surface area contributed by atoms with Gasteiger partial charge in [0.25, 0.3) is 6.47 Å². The highest BCUT2D eigenvalue weighted by atomic mass is 16.5. The van der Waals surface area contributed by atoms with Gasteiger partial charge >= 0.3 is 0 Å². The molecule has 0 saturated carbocycles. The molecule has 0 bridgehead atoms. The van der Waals surface area contributed by atoms with E-state index >= 15 is 0 Å². The third-order valence-corrected chi connectivity index (χ3v) is 0.327. The van der Waals surface area contributed by atoms with Crippen LogP contribution in [0.5, 0.6) is 0 Å². The zero-order chi connectivity index (χ0) is 5.54. The van der Waals surface area contributed by atoms with E-state index < -0.39 is 0 Å². The van der Waals surface area contributed by atoms with E-state index in [0.29, 0.717) is 0 Å². The third-order valence-electron chi connectivity index (χ3n) is 0.327. The van der Waals surface area contributed by atoms with E-state index in [9.17, 15) is 9.90 Å². The van der Waals surface area contributed by atoms with Crippen LogP contribution in [0.2, 0.25) is 0 Å². The van der Waals surface area contributed by atoms with Crippen LogP contribution in [0.25, 0.3) is 0 Å². The molecule has 3 heteroatoms. The van der Waals surface area contributed by atoms with Crippen LogP contribution in [0, 0.1) is 0 Å². The van der Waals surface area contributed by atoms with Gasteiger partial charge < -0.3 is 4.74 Å². The van der Waals surface area contributed by atoms with E-state index in [-0.39, 0.29) is 13.1 Å². The van der Waals surface area contributed by atoms with Crippen LogP contribution in [0.1, 0.15) is 0 Å². The summed E-state index contributed by atoms with van der Waals surface area (Å²) in [5.41, 5.74) is 0. The average Bonchev–Trinajstić information content (AvgIpc) is 1.69. The first kappa shape index (κ1) is 6.17. The first-order chi connectivity index (χ1) is 3.41. The van der Waals surface area contributed by atoms with Crippen molar-refractivity contribution in [2.45, 2.75) is 0 Å². The zero-order valence-corrected chi connectivity index (χ0v) is 3.66. The molecule has 0 N–H and O–H groups in total. The van der Waals surface area contributed by atoms with Crippen LogP contribution in [-0.4, -0.2) is 13.1 Å². The molecule has 0 rings (SSSR count). The summed E-state index contributed by atoms with van der Waals surface area (Å²) >= 11 is 0. The van der Waals surface area contributed by atoms with Gasteiger partial charge in [0.15, 0.2) is 0 Å². The molecule has 7 heavy (non-hydrogen) atoms. The van der Waals surface area contributed by atoms with Crippen molar-refractivity contribution in [2.75, 3.05) is 6.61 Å². The third kappa shape index (κ3) is 5.17. The molecule has 0 aliphatic carbocycles. The fraction of sp³-hybridized carbons (Fsp3) is 0.250. The molecular weight excluding hydrogens is 96.0 g/mol. The van der Waals surface area contributed by atoms with Crippen molar-refractivity contribution in [1.29, 1.82) is 0 Å². The number of hydrogen-bond acceptors (Lipinski definition) is 2. The summed E-state index contributed by atoms with van der Waals surface area (Å²) in [5, 5.41) is 9.52. The molecule has 0 spiro atoms. The Morgan fingerprint density at radius 3 is 2.71 bits per heavy atom. The maximum Gasteiger partial charge on any atom is 0.297 e. The van der Waals surface area contributed by atoms with Gasteiger partial charge in [0.1, 0.15) is 6.61 Å². The van der Waals surface area contributed by atoms with Gasteiger partial charge in [-0.15, -0.1) is 0 Å². The second-order valence-electron chi connectivity index (χ2n) is 0.771. The lowest BCUT2D eigenvalue weighted by molar-refractivity contribution is -0.123. The summed E-state index contributed by atoms with van der Waals surface area (Å²) in [7, 11) is 0. The molecule has 1 radical (unpaired) electrons. The number of carbonyl (C=O) groups is 1. The van der Waals surface area contributed by atoms with E-state index in [2.05, 4.69) is 4.74 Å². The molecular formula is C4H5O3. The topological polar surface area (TPSA) is 46.2 Å². The zero-order valence-electron chi connectivity index (χ0n) is 3.66. The predicted octanol–water partition coefficient (Wildman–Crippen LogP) is 0.104. The summed E-state index contributed by atoms with van der Waals surface area (Å²) in [6.45, 7) is -0.0972. The van der Waals surface area contributed by atoms with E-state index in [4.69, 9.17) is 0 Å². The molecule has 3 nitrogen and oxygen atoms in total. The number of ether oxygens (including phenoxy) is 1. The molecule has 39 valence electrons. The molecule has 0 heterocycles. The van der Waals surface area contributed by atoms with Gasteiger partial charge in [0.05, 0.1) is 6.26 Å². The molecule has 0 aromatic heterocycles. The van der Waals surface area contributed by atoms with Crippen molar-refractivity contribution in [3.63, 3.8) is 0 Å². The SMILES string of the molecule is [O]CC=COC=O. The first-order valence-corrected chi connectivity index (χ1v) is 1.74. The van der Waals surface area contributed by atoms with Gasteiger partial charge in [-0.1, -0.05) is 0 Å². The quantitative estimate of drug-likeness (QED) is 0.374. The van der Waals surface area contributed by atoms with E-state index in [1.165, 1.54) is 6.08 Å². The highest BCUT2D eigenvalue weighted by Crippen LogP contribution is 1.68. The Bertz CT molecular complexity index is 67.3. The second-order valence-corrected chi connectivity index (χ2v) is 0.771. The smallest absolute Gasteiger partial charge is 0.297 e. The van der Waals surface area contributed by atoms with Crippen LogP contribution in [0.4, 0.5) is 0 Å². The minimum absolute atomic E-state index is 0.256. The van der Waals surface area contributed by atoms with Crippen molar-refractivity contribution in [3.05, 3.63) is 12.3 Å².